The van der Waals surface area contributed by atoms with Gasteiger partial charge in [0.2, 0.25) is 0 Å². The average Bonchev–Trinajstić information content (AvgIpc) is 3.36. The second-order valence-corrected chi connectivity index (χ2v) is 7.47. The van der Waals surface area contributed by atoms with E-state index in [1.54, 1.807) is 24.3 Å². The molecule has 3 amide bonds. The van der Waals surface area contributed by atoms with Gasteiger partial charge < -0.3 is 20.1 Å². The number of nitrogens with zero attached hydrogens (tertiary/aromatic N) is 1. The van der Waals surface area contributed by atoms with E-state index in [9.17, 15) is 14.4 Å². The van der Waals surface area contributed by atoms with Crippen LogP contribution in [0, 0.1) is 0 Å². The van der Waals surface area contributed by atoms with Crippen molar-refractivity contribution in [2.45, 2.75) is 32.3 Å². The first-order valence-corrected chi connectivity index (χ1v) is 10.9. The number of aryl methyl sites for hydroxylation is 1. The summed E-state index contributed by atoms with van der Waals surface area (Å²) in [5.41, 5.74) is 4.60. The third-order valence-corrected chi connectivity index (χ3v) is 5.01. The minimum atomic E-state index is -0.879. The van der Waals surface area contributed by atoms with Crippen LogP contribution in [-0.4, -0.2) is 49.8 Å². The molecular formula is C24H28N4O5. The number of hydrazone groups is 1. The molecule has 2 aromatic carbocycles. The Labute approximate surface area is 192 Å². The molecule has 174 valence electrons. The molecule has 1 aliphatic heterocycles. The SMILES string of the molecule is CCc1ccc(NC(=O)COc2ccccc2/C=N\NC(=O)C(=O)NC[C@H]2CCCO2)cc1. The molecule has 0 radical (unpaired) electrons. The largest absolute Gasteiger partial charge is 0.483 e. The van der Waals surface area contributed by atoms with Crippen molar-refractivity contribution in [3.63, 3.8) is 0 Å². The van der Waals surface area contributed by atoms with Gasteiger partial charge in [-0.3, -0.25) is 14.4 Å². The van der Waals surface area contributed by atoms with Crippen molar-refractivity contribution in [1.82, 2.24) is 10.7 Å². The Kier molecular flexibility index (Phi) is 8.96. The van der Waals surface area contributed by atoms with E-state index >= 15 is 0 Å². The van der Waals surface area contributed by atoms with E-state index in [1.165, 1.54) is 11.8 Å². The quantitative estimate of drug-likeness (QED) is 0.306. The monoisotopic (exact) mass is 452 g/mol. The number of ether oxygens (including phenoxy) is 2. The van der Waals surface area contributed by atoms with Gasteiger partial charge in [-0.15, -0.1) is 0 Å². The highest BCUT2D eigenvalue weighted by atomic mass is 16.5. The Morgan fingerprint density at radius 1 is 1.12 bits per heavy atom. The average molecular weight is 453 g/mol. The van der Waals surface area contributed by atoms with Crippen LogP contribution >= 0.6 is 0 Å². The first-order valence-electron chi connectivity index (χ1n) is 10.9. The summed E-state index contributed by atoms with van der Waals surface area (Å²) in [5, 5.41) is 9.12. The smallest absolute Gasteiger partial charge is 0.329 e. The van der Waals surface area contributed by atoms with Crippen LogP contribution in [0.1, 0.15) is 30.9 Å². The number of para-hydroxylation sites is 1. The Hall–Kier alpha value is -3.72. The lowest BCUT2D eigenvalue weighted by Gasteiger charge is -2.10. The lowest BCUT2D eigenvalue weighted by molar-refractivity contribution is -0.139. The molecule has 1 saturated heterocycles. The predicted molar refractivity (Wildman–Crippen MR) is 124 cm³/mol. The molecule has 0 saturated carbocycles. The number of carbonyl (C=O) groups excluding carboxylic acids is 3. The maximum absolute atomic E-state index is 12.2. The second-order valence-electron chi connectivity index (χ2n) is 7.47. The van der Waals surface area contributed by atoms with Gasteiger partial charge in [0.15, 0.2) is 6.61 Å². The minimum Gasteiger partial charge on any atom is -0.483 e. The minimum absolute atomic E-state index is 0.0535. The summed E-state index contributed by atoms with van der Waals surface area (Å²) in [6, 6.07) is 14.5. The number of benzene rings is 2. The predicted octanol–water partition coefficient (Wildman–Crippen LogP) is 2.01. The molecule has 0 bridgehead atoms. The third-order valence-electron chi connectivity index (χ3n) is 5.01. The molecule has 1 fully saturated rings. The van der Waals surface area contributed by atoms with Gasteiger partial charge in [0, 0.05) is 24.4 Å². The Bertz CT molecular complexity index is 985. The number of rotatable bonds is 9. The molecule has 0 unspecified atom stereocenters. The van der Waals surface area contributed by atoms with Crippen LogP contribution in [0.4, 0.5) is 5.69 Å². The van der Waals surface area contributed by atoms with E-state index in [0.29, 0.717) is 23.6 Å². The number of hydrogen-bond donors (Lipinski definition) is 3. The first-order chi connectivity index (χ1) is 16.0. The van der Waals surface area contributed by atoms with E-state index in [2.05, 4.69) is 28.1 Å². The molecule has 1 heterocycles. The zero-order valence-electron chi connectivity index (χ0n) is 18.5. The van der Waals surface area contributed by atoms with Crippen LogP contribution in [0.3, 0.4) is 0 Å². The fraction of sp³-hybridized carbons (Fsp3) is 0.333. The molecule has 33 heavy (non-hydrogen) atoms. The molecule has 3 N–H and O–H groups in total. The van der Waals surface area contributed by atoms with Crippen molar-refractivity contribution in [1.29, 1.82) is 0 Å². The number of anilines is 1. The molecule has 0 aliphatic carbocycles. The molecule has 0 spiro atoms. The van der Waals surface area contributed by atoms with Crippen molar-refractivity contribution < 1.29 is 23.9 Å². The van der Waals surface area contributed by atoms with Gasteiger partial charge in [-0.2, -0.15) is 5.10 Å². The maximum atomic E-state index is 12.2. The van der Waals surface area contributed by atoms with Gasteiger partial charge in [-0.05, 0) is 49.1 Å². The van der Waals surface area contributed by atoms with E-state index in [4.69, 9.17) is 9.47 Å². The summed E-state index contributed by atoms with van der Waals surface area (Å²) < 4.78 is 11.0. The van der Waals surface area contributed by atoms with Crippen molar-refractivity contribution in [2.24, 2.45) is 5.10 Å². The Morgan fingerprint density at radius 3 is 2.64 bits per heavy atom. The van der Waals surface area contributed by atoms with Gasteiger partial charge in [0.1, 0.15) is 5.75 Å². The van der Waals surface area contributed by atoms with E-state index < -0.39 is 11.8 Å². The zero-order chi connectivity index (χ0) is 23.5. The highest BCUT2D eigenvalue weighted by molar-refractivity contribution is 6.35. The molecule has 1 atom stereocenters. The highest BCUT2D eigenvalue weighted by Crippen LogP contribution is 2.16. The number of nitrogens with one attached hydrogen (secondary N) is 3. The first kappa shape index (κ1) is 23.9. The van der Waals surface area contributed by atoms with Crippen LogP contribution in [-0.2, 0) is 25.5 Å². The number of hydrogen-bond acceptors (Lipinski definition) is 6. The molecule has 0 aromatic heterocycles. The summed E-state index contributed by atoms with van der Waals surface area (Å²) in [6.45, 7) is 2.83. The van der Waals surface area contributed by atoms with Crippen LogP contribution in [0.15, 0.2) is 53.6 Å². The summed E-state index contributed by atoms with van der Waals surface area (Å²) in [6.07, 6.45) is 4.03. The zero-order valence-corrected chi connectivity index (χ0v) is 18.5. The molecule has 2 aromatic rings. The third kappa shape index (κ3) is 7.73. The summed E-state index contributed by atoms with van der Waals surface area (Å²) in [5.74, 6) is -1.55. The standard InChI is InChI=1S/C24H28N4O5/c1-2-17-9-11-19(12-10-17)27-22(29)16-33-21-8-4-3-6-18(21)14-26-28-24(31)23(30)25-15-20-7-5-13-32-20/h3-4,6,8-12,14,20H,2,5,7,13,15-16H2,1H3,(H,25,30)(H,27,29)(H,28,31)/b26-14-/t20-/m1/s1. The maximum Gasteiger partial charge on any atom is 0.329 e. The Balaban J connectivity index is 1.46. The van der Waals surface area contributed by atoms with Gasteiger partial charge in [0.25, 0.3) is 5.91 Å². The summed E-state index contributed by atoms with van der Waals surface area (Å²) in [4.78, 5) is 35.9. The fourth-order valence-corrected chi connectivity index (χ4v) is 3.19. The van der Waals surface area contributed by atoms with Gasteiger partial charge in [-0.25, -0.2) is 5.43 Å². The highest BCUT2D eigenvalue weighted by Gasteiger charge is 2.19. The fourth-order valence-electron chi connectivity index (χ4n) is 3.19. The van der Waals surface area contributed by atoms with Gasteiger partial charge >= 0.3 is 11.8 Å². The van der Waals surface area contributed by atoms with Crippen LogP contribution in [0.2, 0.25) is 0 Å². The topological polar surface area (TPSA) is 118 Å². The number of amides is 3. The van der Waals surface area contributed by atoms with Crippen LogP contribution < -0.4 is 20.8 Å². The second kappa shape index (κ2) is 12.4. The normalized spacial score (nSPS) is 15.2. The molecular weight excluding hydrogens is 424 g/mol. The Morgan fingerprint density at radius 2 is 1.91 bits per heavy atom. The van der Waals surface area contributed by atoms with Crippen molar-refractivity contribution in [3.05, 3.63) is 59.7 Å². The van der Waals surface area contributed by atoms with Crippen molar-refractivity contribution >= 4 is 29.6 Å². The van der Waals surface area contributed by atoms with Gasteiger partial charge in [-0.1, -0.05) is 31.2 Å². The van der Waals surface area contributed by atoms with E-state index in [0.717, 1.165) is 19.3 Å². The molecule has 9 nitrogen and oxygen atoms in total. The van der Waals surface area contributed by atoms with Crippen molar-refractivity contribution in [2.75, 3.05) is 25.1 Å². The molecule has 9 heteroatoms. The van der Waals surface area contributed by atoms with E-state index in [1.807, 2.05) is 24.3 Å². The van der Waals surface area contributed by atoms with E-state index in [-0.39, 0.29) is 25.2 Å². The lowest BCUT2D eigenvalue weighted by Crippen LogP contribution is -2.41. The molecule has 3 rings (SSSR count). The summed E-state index contributed by atoms with van der Waals surface area (Å²) >= 11 is 0. The van der Waals surface area contributed by atoms with Crippen LogP contribution in [0.5, 0.6) is 5.75 Å². The van der Waals surface area contributed by atoms with Crippen molar-refractivity contribution in [3.8, 4) is 5.75 Å². The van der Waals surface area contributed by atoms with Gasteiger partial charge in [0.05, 0.1) is 12.3 Å². The number of carbonyl (C=O) groups is 3. The molecule has 1 aliphatic rings. The van der Waals surface area contributed by atoms with Crippen LogP contribution in [0.25, 0.3) is 0 Å². The lowest BCUT2D eigenvalue weighted by atomic mass is 10.1. The summed E-state index contributed by atoms with van der Waals surface area (Å²) in [7, 11) is 0.